The standard InChI is InChI=1S/C23H29FN4O2S/c1-3-26(4-2)23-21-16-20(31(29,30)27-14-6-5-7-15-27)12-13-22(21)28(25-23)17-18-8-10-19(24)11-9-18/h8-13,16H,3-7,14-15,17H2,1-2H3. The quantitative estimate of drug-likeness (QED) is 0.547. The number of nitrogens with zero attached hydrogens (tertiary/aromatic N) is 4. The number of benzene rings is 2. The summed E-state index contributed by atoms with van der Waals surface area (Å²) in [4.78, 5) is 2.44. The molecule has 8 heteroatoms. The van der Waals surface area contributed by atoms with Crippen molar-refractivity contribution in [3.05, 3.63) is 53.8 Å². The van der Waals surface area contributed by atoms with Crippen LogP contribution < -0.4 is 4.90 Å². The highest BCUT2D eigenvalue weighted by atomic mass is 32.2. The van der Waals surface area contributed by atoms with Crippen LogP contribution in [0.5, 0.6) is 0 Å². The fraction of sp³-hybridized carbons (Fsp3) is 0.435. The first-order chi connectivity index (χ1) is 14.9. The second-order valence-electron chi connectivity index (χ2n) is 7.92. The molecule has 0 radical (unpaired) electrons. The molecule has 166 valence electrons. The number of aromatic nitrogens is 2. The average molecular weight is 445 g/mol. The molecular formula is C23H29FN4O2S. The summed E-state index contributed by atoms with van der Waals surface area (Å²) in [6.07, 6.45) is 2.89. The van der Waals surface area contributed by atoms with Crippen LogP contribution in [0.15, 0.2) is 47.4 Å². The maximum absolute atomic E-state index is 13.3. The smallest absolute Gasteiger partial charge is 0.243 e. The molecule has 1 aromatic heterocycles. The lowest BCUT2D eigenvalue weighted by atomic mass is 10.2. The summed E-state index contributed by atoms with van der Waals surface area (Å²) in [5, 5.41) is 5.65. The third-order valence-corrected chi connectivity index (χ3v) is 7.86. The van der Waals surface area contributed by atoms with E-state index in [-0.39, 0.29) is 5.82 Å². The second kappa shape index (κ2) is 8.96. The maximum atomic E-state index is 13.3. The van der Waals surface area contributed by atoms with Crippen LogP contribution in [-0.2, 0) is 16.6 Å². The summed E-state index contributed by atoms with van der Waals surface area (Å²) in [5.41, 5.74) is 1.80. The van der Waals surface area contributed by atoms with Crippen LogP contribution in [0.1, 0.15) is 38.7 Å². The number of piperidine rings is 1. The molecule has 1 aliphatic heterocycles. The van der Waals surface area contributed by atoms with Gasteiger partial charge in [-0.3, -0.25) is 4.68 Å². The zero-order chi connectivity index (χ0) is 22.0. The number of anilines is 1. The van der Waals surface area contributed by atoms with Crippen molar-refractivity contribution in [3.8, 4) is 0 Å². The number of sulfonamides is 1. The molecule has 0 spiro atoms. The van der Waals surface area contributed by atoms with Crippen molar-refractivity contribution in [3.63, 3.8) is 0 Å². The molecular weight excluding hydrogens is 415 g/mol. The molecule has 4 rings (SSSR count). The van der Waals surface area contributed by atoms with Gasteiger partial charge >= 0.3 is 0 Å². The van der Waals surface area contributed by atoms with Crippen molar-refractivity contribution in [1.29, 1.82) is 0 Å². The molecule has 0 amide bonds. The first kappa shape index (κ1) is 21.8. The molecule has 2 heterocycles. The summed E-state index contributed by atoms with van der Waals surface area (Å²) in [5.74, 6) is 0.503. The first-order valence-electron chi connectivity index (χ1n) is 10.9. The van der Waals surface area contributed by atoms with Gasteiger partial charge in [0.15, 0.2) is 5.82 Å². The minimum Gasteiger partial charge on any atom is -0.355 e. The van der Waals surface area contributed by atoms with Crippen LogP contribution >= 0.6 is 0 Å². The van der Waals surface area contributed by atoms with E-state index in [1.54, 1.807) is 28.6 Å². The van der Waals surface area contributed by atoms with Gasteiger partial charge in [0.2, 0.25) is 10.0 Å². The molecule has 0 aliphatic carbocycles. The Labute approximate surface area is 183 Å². The topological polar surface area (TPSA) is 58.4 Å². The Morgan fingerprint density at radius 2 is 1.68 bits per heavy atom. The highest BCUT2D eigenvalue weighted by Crippen LogP contribution is 2.31. The molecule has 0 N–H and O–H groups in total. The zero-order valence-electron chi connectivity index (χ0n) is 18.1. The third kappa shape index (κ3) is 4.32. The van der Waals surface area contributed by atoms with E-state index in [1.165, 1.54) is 12.1 Å². The molecule has 0 atom stereocenters. The van der Waals surface area contributed by atoms with Crippen LogP contribution in [0.25, 0.3) is 10.9 Å². The van der Waals surface area contributed by atoms with E-state index < -0.39 is 10.0 Å². The molecule has 0 unspecified atom stereocenters. The Bertz CT molecular complexity index is 1150. The summed E-state index contributed by atoms with van der Waals surface area (Å²) in [7, 11) is -3.53. The van der Waals surface area contributed by atoms with Gasteiger partial charge < -0.3 is 4.90 Å². The Hall–Kier alpha value is -2.45. The Balaban J connectivity index is 1.79. The zero-order valence-corrected chi connectivity index (χ0v) is 18.9. The molecule has 2 aromatic carbocycles. The predicted molar refractivity (Wildman–Crippen MR) is 121 cm³/mol. The second-order valence-corrected chi connectivity index (χ2v) is 9.86. The minimum atomic E-state index is -3.53. The lowest BCUT2D eigenvalue weighted by molar-refractivity contribution is 0.346. The lowest BCUT2D eigenvalue weighted by Crippen LogP contribution is -2.35. The predicted octanol–water partition coefficient (Wildman–Crippen LogP) is 4.24. The van der Waals surface area contributed by atoms with Crippen LogP contribution in [0.2, 0.25) is 0 Å². The van der Waals surface area contributed by atoms with Crippen molar-refractivity contribution >= 4 is 26.7 Å². The number of hydrogen-bond donors (Lipinski definition) is 0. The first-order valence-corrected chi connectivity index (χ1v) is 12.4. The van der Waals surface area contributed by atoms with E-state index in [4.69, 9.17) is 5.10 Å². The summed E-state index contributed by atoms with van der Waals surface area (Å²) < 4.78 is 43.2. The Kier molecular flexibility index (Phi) is 6.29. The fourth-order valence-corrected chi connectivity index (χ4v) is 5.74. The SMILES string of the molecule is CCN(CC)c1nn(Cc2ccc(F)cc2)c2ccc(S(=O)(=O)N3CCCCC3)cc12. The van der Waals surface area contributed by atoms with Gasteiger partial charge in [0.05, 0.1) is 17.0 Å². The third-order valence-electron chi connectivity index (χ3n) is 5.96. The van der Waals surface area contributed by atoms with Crippen molar-refractivity contribution in [2.75, 3.05) is 31.1 Å². The molecule has 1 fully saturated rings. The monoisotopic (exact) mass is 444 g/mol. The number of hydrogen-bond acceptors (Lipinski definition) is 4. The average Bonchev–Trinajstić information content (AvgIpc) is 3.14. The number of rotatable bonds is 7. The molecule has 3 aromatic rings. The highest BCUT2D eigenvalue weighted by molar-refractivity contribution is 7.89. The highest BCUT2D eigenvalue weighted by Gasteiger charge is 2.27. The fourth-order valence-electron chi connectivity index (χ4n) is 4.20. The van der Waals surface area contributed by atoms with Crippen LogP contribution in [0.4, 0.5) is 10.2 Å². The van der Waals surface area contributed by atoms with Crippen molar-refractivity contribution in [2.24, 2.45) is 0 Å². The Morgan fingerprint density at radius 3 is 2.32 bits per heavy atom. The normalized spacial score (nSPS) is 15.5. The van der Waals surface area contributed by atoms with Crippen LogP contribution in [-0.4, -0.2) is 48.7 Å². The maximum Gasteiger partial charge on any atom is 0.243 e. The summed E-state index contributed by atoms with van der Waals surface area (Å²) >= 11 is 0. The van der Waals surface area contributed by atoms with Gasteiger partial charge in [-0.1, -0.05) is 18.6 Å². The van der Waals surface area contributed by atoms with E-state index in [2.05, 4.69) is 18.7 Å². The van der Waals surface area contributed by atoms with Crippen LogP contribution in [0, 0.1) is 5.82 Å². The summed E-state index contributed by atoms with van der Waals surface area (Å²) in [6.45, 7) is 7.28. The largest absolute Gasteiger partial charge is 0.355 e. The van der Waals surface area contributed by atoms with E-state index in [1.807, 2.05) is 10.7 Å². The van der Waals surface area contributed by atoms with Gasteiger partial charge in [0, 0.05) is 31.6 Å². The number of fused-ring (bicyclic) bond motifs is 1. The van der Waals surface area contributed by atoms with E-state index in [0.29, 0.717) is 24.5 Å². The van der Waals surface area contributed by atoms with Gasteiger partial charge in [-0.2, -0.15) is 9.40 Å². The summed E-state index contributed by atoms with van der Waals surface area (Å²) in [6, 6.07) is 11.7. The minimum absolute atomic E-state index is 0.273. The molecule has 0 bridgehead atoms. The lowest BCUT2D eigenvalue weighted by Gasteiger charge is -2.26. The number of halogens is 1. The van der Waals surface area contributed by atoms with Gasteiger partial charge in [-0.05, 0) is 62.6 Å². The van der Waals surface area contributed by atoms with Crippen molar-refractivity contribution in [1.82, 2.24) is 14.1 Å². The Morgan fingerprint density at radius 1 is 1.00 bits per heavy atom. The molecule has 0 saturated carbocycles. The molecule has 1 aliphatic rings. The van der Waals surface area contributed by atoms with Gasteiger partial charge in [-0.25, -0.2) is 12.8 Å². The molecule has 6 nitrogen and oxygen atoms in total. The molecule has 1 saturated heterocycles. The van der Waals surface area contributed by atoms with E-state index in [0.717, 1.165) is 54.6 Å². The van der Waals surface area contributed by atoms with Crippen LogP contribution in [0.3, 0.4) is 0 Å². The van der Waals surface area contributed by atoms with E-state index in [9.17, 15) is 12.8 Å². The van der Waals surface area contributed by atoms with Crippen molar-refractivity contribution < 1.29 is 12.8 Å². The molecule has 31 heavy (non-hydrogen) atoms. The van der Waals surface area contributed by atoms with Gasteiger partial charge in [0.1, 0.15) is 5.82 Å². The van der Waals surface area contributed by atoms with Crippen molar-refractivity contribution in [2.45, 2.75) is 44.6 Å². The van der Waals surface area contributed by atoms with Gasteiger partial charge in [-0.15, -0.1) is 0 Å². The van der Waals surface area contributed by atoms with Gasteiger partial charge in [0.25, 0.3) is 0 Å². The van der Waals surface area contributed by atoms with E-state index >= 15 is 0 Å².